The number of aliphatic hydroxyl groups excluding tert-OH is 2. The van der Waals surface area contributed by atoms with E-state index in [2.05, 4.69) is 4.74 Å². The molecule has 4 atom stereocenters. The van der Waals surface area contributed by atoms with Crippen LogP contribution in [0.5, 0.6) is 0 Å². The van der Waals surface area contributed by atoms with Gasteiger partial charge in [0.25, 0.3) is 0 Å². The molecule has 1 aliphatic rings. The molecule has 4 heteroatoms. The van der Waals surface area contributed by atoms with Crippen LogP contribution in [0, 0.1) is 6.61 Å². The van der Waals surface area contributed by atoms with Crippen LogP contribution in [-0.4, -0.2) is 34.7 Å². The molecule has 1 fully saturated rings. The van der Waals surface area contributed by atoms with Crippen LogP contribution in [0.2, 0.25) is 0 Å². The standard InChI is InChI=1S/C6H10FO3/c1-3-5(8)6(9)4(7)2-10-3/h2-6,8-9H,1H3/t3-,4-,5+,6-/m0/s1. The Hall–Kier alpha value is -0.190. The molecule has 0 aliphatic carbocycles. The third kappa shape index (κ3) is 1.28. The van der Waals surface area contributed by atoms with Crippen LogP contribution >= 0.6 is 0 Å². The molecule has 0 aromatic carbocycles. The molecule has 0 aromatic rings. The first-order valence-corrected chi connectivity index (χ1v) is 3.12. The molecule has 0 amide bonds. The van der Waals surface area contributed by atoms with Crippen molar-refractivity contribution in [2.24, 2.45) is 0 Å². The highest BCUT2D eigenvalue weighted by atomic mass is 19.1. The Bertz CT molecular complexity index is 106. The van der Waals surface area contributed by atoms with E-state index in [1.807, 2.05) is 0 Å². The van der Waals surface area contributed by atoms with Gasteiger partial charge in [-0.15, -0.1) is 0 Å². The van der Waals surface area contributed by atoms with Crippen molar-refractivity contribution in [1.82, 2.24) is 0 Å². The van der Waals surface area contributed by atoms with Gasteiger partial charge >= 0.3 is 0 Å². The third-order valence-electron chi connectivity index (χ3n) is 1.58. The zero-order valence-corrected chi connectivity index (χ0v) is 5.57. The van der Waals surface area contributed by atoms with Crippen molar-refractivity contribution in [3.8, 4) is 0 Å². The predicted molar refractivity (Wildman–Crippen MR) is 31.8 cm³/mol. The second-order valence-electron chi connectivity index (χ2n) is 2.40. The van der Waals surface area contributed by atoms with Crippen molar-refractivity contribution in [1.29, 1.82) is 0 Å². The monoisotopic (exact) mass is 149 g/mol. The predicted octanol–water partition coefficient (Wildman–Crippen LogP) is -0.373. The summed E-state index contributed by atoms with van der Waals surface area (Å²) in [5.74, 6) is 0. The van der Waals surface area contributed by atoms with Crippen molar-refractivity contribution >= 4 is 0 Å². The number of rotatable bonds is 0. The number of hydrogen-bond acceptors (Lipinski definition) is 3. The molecule has 2 N–H and O–H groups in total. The normalized spacial score (nSPS) is 49.2. The van der Waals surface area contributed by atoms with Crippen LogP contribution in [0.3, 0.4) is 0 Å². The SMILES string of the molecule is C[C@@H]1O[CH][C@H](F)[C@H](O)[C@@H]1O. The van der Waals surface area contributed by atoms with E-state index in [0.29, 0.717) is 0 Å². The lowest BCUT2D eigenvalue weighted by Crippen LogP contribution is -2.47. The zero-order valence-electron chi connectivity index (χ0n) is 5.57. The molecule has 59 valence electrons. The van der Waals surface area contributed by atoms with E-state index < -0.39 is 24.5 Å². The number of alkyl halides is 1. The van der Waals surface area contributed by atoms with Crippen LogP contribution < -0.4 is 0 Å². The Morgan fingerprint density at radius 1 is 1.40 bits per heavy atom. The molecule has 0 aromatic heterocycles. The van der Waals surface area contributed by atoms with E-state index >= 15 is 0 Å². The molecule has 1 radical (unpaired) electrons. The maximum absolute atomic E-state index is 12.4. The van der Waals surface area contributed by atoms with Crippen molar-refractivity contribution in [2.45, 2.75) is 31.4 Å². The highest BCUT2D eigenvalue weighted by molar-refractivity contribution is 4.89. The van der Waals surface area contributed by atoms with E-state index in [1.54, 1.807) is 6.92 Å². The molecular formula is C6H10FO3. The van der Waals surface area contributed by atoms with Crippen LogP contribution in [0.25, 0.3) is 0 Å². The minimum absolute atomic E-state index is 0.526. The molecule has 3 nitrogen and oxygen atoms in total. The van der Waals surface area contributed by atoms with Gasteiger partial charge in [-0.05, 0) is 6.92 Å². The molecule has 1 rings (SSSR count). The van der Waals surface area contributed by atoms with Crippen molar-refractivity contribution < 1.29 is 19.3 Å². The van der Waals surface area contributed by atoms with E-state index in [0.717, 1.165) is 6.61 Å². The minimum Gasteiger partial charge on any atom is -0.388 e. The average Bonchev–Trinajstić information content (AvgIpc) is 1.93. The van der Waals surface area contributed by atoms with Crippen LogP contribution in [0.15, 0.2) is 0 Å². The fraction of sp³-hybridized carbons (Fsp3) is 0.833. The Morgan fingerprint density at radius 2 is 2.00 bits per heavy atom. The van der Waals surface area contributed by atoms with Gasteiger partial charge in [-0.3, -0.25) is 0 Å². The van der Waals surface area contributed by atoms with Gasteiger partial charge in [-0.1, -0.05) is 0 Å². The van der Waals surface area contributed by atoms with Crippen molar-refractivity contribution in [2.75, 3.05) is 0 Å². The molecule has 0 unspecified atom stereocenters. The Kier molecular flexibility index (Phi) is 2.23. The highest BCUT2D eigenvalue weighted by Crippen LogP contribution is 2.19. The van der Waals surface area contributed by atoms with Crippen LogP contribution in [0.1, 0.15) is 6.92 Å². The maximum atomic E-state index is 12.4. The van der Waals surface area contributed by atoms with E-state index in [9.17, 15) is 4.39 Å². The van der Waals surface area contributed by atoms with Gasteiger partial charge in [0.15, 0.2) is 6.17 Å². The second kappa shape index (κ2) is 2.82. The third-order valence-corrected chi connectivity index (χ3v) is 1.58. The summed E-state index contributed by atoms with van der Waals surface area (Å²) in [7, 11) is 0. The minimum atomic E-state index is -1.58. The van der Waals surface area contributed by atoms with Gasteiger partial charge in [-0.2, -0.15) is 0 Å². The lowest BCUT2D eigenvalue weighted by Gasteiger charge is -2.31. The number of ether oxygens (including phenoxy) is 1. The smallest absolute Gasteiger partial charge is 0.157 e. The summed E-state index contributed by atoms with van der Waals surface area (Å²) >= 11 is 0. The van der Waals surface area contributed by atoms with Gasteiger partial charge in [0.05, 0.1) is 6.10 Å². The van der Waals surface area contributed by atoms with E-state index in [4.69, 9.17) is 10.2 Å². The molecule has 1 aliphatic heterocycles. The Balaban J connectivity index is 2.52. The lowest BCUT2D eigenvalue weighted by molar-refractivity contribution is -0.136. The number of halogens is 1. The first-order valence-electron chi connectivity index (χ1n) is 3.12. The fourth-order valence-corrected chi connectivity index (χ4v) is 0.826. The summed E-state index contributed by atoms with van der Waals surface area (Å²) in [5.41, 5.74) is 0. The van der Waals surface area contributed by atoms with E-state index in [1.165, 1.54) is 0 Å². The average molecular weight is 149 g/mol. The molecule has 0 saturated carbocycles. The maximum Gasteiger partial charge on any atom is 0.157 e. The first kappa shape index (κ1) is 7.91. The largest absolute Gasteiger partial charge is 0.388 e. The van der Waals surface area contributed by atoms with Gasteiger partial charge in [0.2, 0.25) is 0 Å². The summed E-state index contributed by atoms with van der Waals surface area (Å²) in [6.07, 6.45) is -4.57. The lowest BCUT2D eigenvalue weighted by atomic mass is 10.0. The van der Waals surface area contributed by atoms with Crippen molar-refractivity contribution in [3.63, 3.8) is 0 Å². The van der Waals surface area contributed by atoms with Crippen LogP contribution in [0.4, 0.5) is 4.39 Å². The quantitative estimate of drug-likeness (QED) is 0.494. The molecule has 0 spiro atoms. The summed E-state index contributed by atoms with van der Waals surface area (Å²) < 4.78 is 17.1. The summed E-state index contributed by atoms with van der Waals surface area (Å²) in [6, 6.07) is 0. The second-order valence-corrected chi connectivity index (χ2v) is 2.40. The summed E-state index contributed by atoms with van der Waals surface area (Å²) in [5, 5.41) is 17.9. The molecule has 1 heterocycles. The molecular weight excluding hydrogens is 139 g/mol. The first-order chi connectivity index (χ1) is 4.63. The topological polar surface area (TPSA) is 49.7 Å². The molecule has 1 saturated heterocycles. The zero-order chi connectivity index (χ0) is 7.72. The number of aliphatic hydroxyl groups is 2. The Morgan fingerprint density at radius 3 is 2.50 bits per heavy atom. The Labute approximate surface area is 58.4 Å². The van der Waals surface area contributed by atoms with E-state index in [-0.39, 0.29) is 0 Å². The fourth-order valence-electron chi connectivity index (χ4n) is 0.826. The van der Waals surface area contributed by atoms with Crippen molar-refractivity contribution in [3.05, 3.63) is 6.61 Å². The molecule has 10 heavy (non-hydrogen) atoms. The summed E-state index contributed by atoms with van der Waals surface area (Å²) in [4.78, 5) is 0. The van der Waals surface area contributed by atoms with Gasteiger partial charge < -0.3 is 14.9 Å². The van der Waals surface area contributed by atoms with Gasteiger partial charge in [0.1, 0.15) is 18.8 Å². The number of hydrogen-bond donors (Lipinski definition) is 2. The molecule has 0 bridgehead atoms. The van der Waals surface area contributed by atoms with Crippen LogP contribution in [-0.2, 0) is 4.74 Å². The van der Waals surface area contributed by atoms with Gasteiger partial charge in [0, 0.05) is 0 Å². The van der Waals surface area contributed by atoms with Gasteiger partial charge in [-0.25, -0.2) is 4.39 Å². The summed E-state index contributed by atoms with van der Waals surface area (Å²) in [6.45, 7) is 2.47. The highest BCUT2D eigenvalue weighted by Gasteiger charge is 2.36.